The summed E-state index contributed by atoms with van der Waals surface area (Å²) in [6, 6.07) is 13.3. The van der Waals surface area contributed by atoms with E-state index in [1.54, 1.807) is 19.1 Å². The van der Waals surface area contributed by atoms with E-state index in [1.807, 2.05) is 25.1 Å². The van der Waals surface area contributed by atoms with Gasteiger partial charge in [-0.15, -0.1) is 0 Å². The molecular weight excluding hydrogens is 358 g/mol. The fourth-order valence-corrected chi connectivity index (χ4v) is 3.16. The maximum absolute atomic E-state index is 12.6. The number of ether oxygens (including phenoxy) is 1. The van der Waals surface area contributed by atoms with Gasteiger partial charge in [0.25, 0.3) is 0 Å². The molecule has 2 aromatic carbocycles. The van der Waals surface area contributed by atoms with E-state index in [2.05, 4.69) is 4.98 Å². The summed E-state index contributed by atoms with van der Waals surface area (Å²) in [5.74, 6) is -0.536. The molecule has 0 saturated carbocycles. The zero-order valence-corrected chi connectivity index (χ0v) is 15.4. The second-order valence-electron chi connectivity index (χ2n) is 6.66. The van der Waals surface area contributed by atoms with Crippen LogP contribution in [0, 0.1) is 13.8 Å². The average Bonchev–Trinajstić information content (AvgIpc) is 2.65. The number of hydrogen-bond acceptors (Lipinski definition) is 6. The maximum Gasteiger partial charge on any atom is 0.340 e. The van der Waals surface area contributed by atoms with Gasteiger partial charge in [-0.05, 0) is 44.2 Å². The van der Waals surface area contributed by atoms with Crippen molar-refractivity contribution in [2.24, 2.45) is 0 Å². The topological polar surface area (TPSA) is 89.6 Å². The van der Waals surface area contributed by atoms with Crippen LogP contribution >= 0.6 is 0 Å². The highest BCUT2D eigenvalue weighted by molar-refractivity contribution is 5.95. The molecular formula is C22H17NO5. The molecule has 0 aliphatic carbocycles. The van der Waals surface area contributed by atoms with Crippen molar-refractivity contribution in [3.63, 3.8) is 0 Å². The number of phenolic OH excluding ortho intramolecular Hbond substituents is 1. The molecule has 4 rings (SSSR count). The Morgan fingerprint density at radius 1 is 1.11 bits per heavy atom. The highest BCUT2D eigenvalue weighted by Gasteiger charge is 2.15. The first-order valence-corrected chi connectivity index (χ1v) is 8.71. The van der Waals surface area contributed by atoms with Crippen molar-refractivity contribution in [1.82, 2.24) is 4.98 Å². The van der Waals surface area contributed by atoms with E-state index in [1.165, 1.54) is 18.2 Å². The third kappa shape index (κ3) is 3.32. The van der Waals surface area contributed by atoms with Gasteiger partial charge in [0.1, 0.15) is 17.9 Å². The molecule has 0 spiro atoms. The lowest BCUT2D eigenvalue weighted by Crippen LogP contribution is -2.10. The third-order valence-electron chi connectivity index (χ3n) is 4.55. The van der Waals surface area contributed by atoms with Crippen LogP contribution in [0.5, 0.6) is 5.75 Å². The van der Waals surface area contributed by atoms with Crippen LogP contribution in [0.1, 0.15) is 27.2 Å². The number of carbonyl (C=O) groups excluding carboxylic acids is 1. The van der Waals surface area contributed by atoms with Crippen LogP contribution in [0.3, 0.4) is 0 Å². The highest BCUT2D eigenvalue weighted by atomic mass is 16.5. The van der Waals surface area contributed by atoms with Gasteiger partial charge in [-0.2, -0.15) is 0 Å². The first-order chi connectivity index (χ1) is 13.4. The van der Waals surface area contributed by atoms with Crippen LogP contribution in [0.4, 0.5) is 0 Å². The monoisotopic (exact) mass is 375 g/mol. The zero-order chi connectivity index (χ0) is 19.8. The van der Waals surface area contributed by atoms with Gasteiger partial charge in [0.15, 0.2) is 0 Å². The van der Waals surface area contributed by atoms with Crippen LogP contribution in [0.2, 0.25) is 0 Å². The number of aryl methyl sites for hydroxylation is 2. The number of nitrogens with zero attached hydrogens (tertiary/aromatic N) is 1. The van der Waals surface area contributed by atoms with Crippen LogP contribution < -0.4 is 5.63 Å². The summed E-state index contributed by atoms with van der Waals surface area (Å²) in [5, 5.41) is 11.0. The number of phenols is 1. The van der Waals surface area contributed by atoms with E-state index in [9.17, 15) is 14.7 Å². The Balaban J connectivity index is 1.65. The summed E-state index contributed by atoms with van der Waals surface area (Å²) in [5.41, 5.74) is 2.99. The highest BCUT2D eigenvalue weighted by Crippen LogP contribution is 2.23. The quantitative estimate of drug-likeness (QED) is 0.430. The standard InChI is InChI=1S/C22H17NO5/c1-12-3-6-19-14(7-12)8-18(13(2)23-19)22(26)27-11-15-9-21(25)28-20-10-16(24)4-5-17(15)20/h3-10,24H,11H2,1-2H3. The van der Waals surface area contributed by atoms with Gasteiger partial charge >= 0.3 is 11.6 Å². The fourth-order valence-electron chi connectivity index (χ4n) is 3.16. The molecule has 0 aliphatic rings. The normalized spacial score (nSPS) is 11.1. The second-order valence-corrected chi connectivity index (χ2v) is 6.66. The van der Waals surface area contributed by atoms with E-state index in [-0.39, 0.29) is 17.9 Å². The number of aromatic nitrogens is 1. The number of pyridine rings is 1. The molecule has 6 heteroatoms. The predicted molar refractivity (Wildman–Crippen MR) is 104 cm³/mol. The average molecular weight is 375 g/mol. The summed E-state index contributed by atoms with van der Waals surface area (Å²) in [7, 11) is 0. The van der Waals surface area contributed by atoms with E-state index in [4.69, 9.17) is 9.15 Å². The van der Waals surface area contributed by atoms with Gasteiger partial charge < -0.3 is 14.3 Å². The Bertz CT molecular complexity index is 1290. The number of aromatic hydroxyl groups is 1. The molecule has 1 N–H and O–H groups in total. The zero-order valence-electron chi connectivity index (χ0n) is 15.4. The Labute approximate surface area is 160 Å². The summed E-state index contributed by atoms with van der Waals surface area (Å²) in [6.45, 7) is 3.63. The van der Waals surface area contributed by atoms with Crippen molar-refractivity contribution in [3.05, 3.63) is 81.3 Å². The van der Waals surface area contributed by atoms with Gasteiger partial charge in [0.05, 0.1) is 16.8 Å². The van der Waals surface area contributed by atoms with Crippen LogP contribution in [-0.4, -0.2) is 16.1 Å². The number of benzene rings is 2. The molecule has 140 valence electrons. The SMILES string of the molecule is Cc1ccc2nc(C)c(C(=O)OCc3cc(=O)oc4cc(O)ccc34)cc2c1. The van der Waals surface area contributed by atoms with E-state index in [0.29, 0.717) is 22.2 Å². The molecule has 0 bridgehead atoms. The van der Waals surface area contributed by atoms with Gasteiger partial charge in [0.2, 0.25) is 0 Å². The Morgan fingerprint density at radius 2 is 1.93 bits per heavy atom. The lowest BCUT2D eigenvalue weighted by Gasteiger charge is -2.10. The predicted octanol–water partition coefficient (Wildman–Crippen LogP) is 4.02. The first-order valence-electron chi connectivity index (χ1n) is 8.71. The third-order valence-corrected chi connectivity index (χ3v) is 4.55. The lowest BCUT2D eigenvalue weighted by atomic mass is 10.1. The summed E-state index contributed by atoms with van der Waals surface area (Å²) in [4.78, 5) is 28.9. The Kier molecular flexibility index (Phi) is 4.31. The number of hydrogen-bond donors (Lipinski definition) is 1. The second kappa shape index (κ2) is 6.81. The summed E-state index contributed by atoms with van der Waals surface area (Å²) >= 11 is 0. The molecule has 0 saturated heterocycles. The van der Waals surface area contributed by atoms with Gasteiger partial charge in [0, 0.05) is 28.5 Å². The van der Waals surface area contributed by atoms with Crippen molar-refractivity contribution in [1.29, 1.82) is 0 Å². The van der Waals surface area contributed by atoms with Crippen LogP contribution in [0.25, 0.3) is 21.9 Å². The minimum Gasteiger partial charge on any atom is -0.508 e. The molecule has 0 atom stereocenters. The van der Waals surface area contributed by atoms with E-state index in [0.717, 1.165) is 16.5 Å². The Hall–Kier alpha value is -3.67. The van der Waals surface area contributed by atoms with Crippen molar-refractivity contribution >= 4 is 27.8 Å². The van der Waals surface area contributed by atoms with E-state index < -0.39 is 11.6 Å². The van der Waals surface area contributed by atoms with Crippen molar-refractivity contribution in [2.45, 2.75) is 20.5 Å². The van der Waals surface area contributed by atoms with Crippen LogP contribution in [-0.2, 0) is 11.3 Å². The molecule has 6 nitrogen and oxygen atoms in total. The smallest absolute Gasteiger partial charge is 0.340 e. The minimum absolute atomic E-state index is 0.0158. The number of carbonyl (C=O) groups is 1. The molecule has 0 fully saturated rings. The first kappa shape index (κ1) is 17.7. The van der Waals surface area contributed by atoms with E-state index >= 15 is 0 Å². The molecule has 0 radical (unpaired) electrons. The van der Waals surface area contributed by atoms with Gasteiger partial charge in [-0.3, -0.25) is 4.98 Å². The molecule has 4 aromatic rings. The summed E-state index contributed by atoms with van der Waals surface area (Å²) in [6.07, 6.45) is 0. The van der Waals surface area contributed by atoms with Crippen LogP contribution in [0.15, 0.2) is 57.7 Å². The molecule has 0 unspecified atom stereocenters. The van der Waals surface area contributed by atoms with Crippen molar-refractivity contribution < 1.29 is 19.1 Å². The molecule has 2 aromatic heterocycles. The van der Waals surface area contributed by atoms with Crippen molar-refractivity contribution in [3.8, 4) is 5.75 Å². The number of fused-ring (bicyclic) bond motifs is 2. The largest absolute Gasteiger partial charge is 0.508 e. The molecule has 28 heavy (non-hydrogen) atoms. The Morgan fingerprint density at radius 3 is 2.75 bits per heavy atom. The fraction of sp³-hybridized carbons (Fsp3) is 0.136. The minimum atomic E-state index is -0.580. The molecule has 2 heterocycles. The number of rotatable bonds is 3. The maximum atomic E-state index is 12.6. The number of esters is 1. The molecule has 0 amide bonds. The van der Waals surface area contributed by atoms with Gasteiger partial charge in [-0.25, -0.2) is 9.59 Å². The van der Waals surface area contributed by atoms with Crippen molar-refractivity contribution in [2.75, 3.05) is 0 Å². The lowest BCUT2D eigenvalue weighted by molar-refractivity contribution is 0.0472. The van der Waals surface area contributed by atoms with Gasteiger partial charge in [-0.1, -0.05) is 11.6 Å². The summed E-state index contributed by atoms with van der Waals surface area (Å²) < 4.78 is 10.5. The molecule has 0 aliphatic heterocycles.